The number of rotatable bonds is 2. The van der Waals surface area contributed by atoms with E-state index in [9.17, 15) is 4.39 Å². The third kappa shape index (κ3) is 2.47. The second-order valence-corrected chi connectivity index (χ2v) is 5.38. The van der Waals surface area contributed by atoms with Gasteiger partial charge in [0, 0.05) is 17.0 Å². The zero-order valence-electron chi connectivity index (χ0n) is 11.8. The number of pyridine rings is 2. The van der Waals surface area contributed by atoms with Gasteiger partial charge in [-0.05, 0) is 47.9 Å². The molecule has 5 heteroatoms. The molecule has 0 aliphatic carbocycles. The monoisotopic (exact) mass is 324 g/mol. The van der Waals surface area contributed by atoms with E-state index in [-0.39, 0.29) is 5.75 Å². The lowest BCUT2D eigenvalue weighted by molar-refractivity contribution is 0.443. The maximum Gasteiger partial charge on any atom is 0.165 e. The Morgan fingerprint density at radius 2 is 1.78 bits per heavy atom. The number of benzene rings is 2. The number of hydrogen-bond donors (Lipinski definition) is 0. The lowest BCUT2D eigenvalue weighted by atomic mass is 10.1. The molecule has 0 saturated heterocycles. The molecule has 4 aromatic rings. The van der Waals surface area contributed by atoms with Crippen molar-refractivity contribution >= 4 is 33.4 Å². The highest BCUT2D eigenvalue weighted by atomic mass is 35.5. The lowest BCUT2D eigenvalue weighted by Crippen LogP contribution is -1.90. The molecule has 0 spiro atoms. The Labute approximate surface area is 136 Å². The van der Waals surface area contributed by atoms with Crippen LogP contribution in [0.2, 0.25) is 5.15 Å². The van der Waals surface area contributed by atoms with E-state index < -0.39 is 5.82 Å². The van der Waals surface area contributed by atoms with Crippen LogP contribution in [0.4, 0.5) is 4.39 Å². The summed E-state index contributed by atoms with van der Waals surface area (Å²) >= 11 is 6.22. The molecule has 4 rings (SSSR count). The minimum atomic E-state index is -0.410. The van der Waals surface area contributed by atoms with E-state index in [4.69, 9.17) is 16.3 Å². The van der Waals surface area contributed by atoms with Gasteiger partial charge in [-0.2, -0.15) is 0 Å². The first-order valence-corrected chi connectivity index (χ1v) is 7.36. The first kappa shape index (κ1) is 13.9. The first-order valence-electron chi connectivity index (χ1n) is 6.99. The molecule has 0 bridgehead atoms. The molecule has 2 aromatic carbocycles. The number of halogens is 2. The van der Waals surface area contributed by atoms with E-state index >= 15 is 0 Å². The summed E-state index contributed by atoms with van der Waals surface area (Å²) in [5, 5.41) is 2.91. The molecular formula is C18H10ClFN2O. The van der Waals surface area contributed by atoms with Crippen LogP contribution in [0.25, 0.3) is 21.8 Å². The number of nitrogens with zero attached hydrogens (tertiary/aromatic N) is 2. The van der Waals surface area contributed by atoms with Crippen molar-refractivity contribution in [2.45, 2.75) is 0 Å². The standard InChI is InChI=1S/C18H10ClFN2O/c19-17-12-8-7-11(23-16-6-2-1-5-15(16)20)10-14(12)13-4-3-9-21-18(13)22-17/h1-10H. The van der Waals surface area contributed by atoms with Crippen LogP contribution in [0, 0.1) is 5.82 Å². The highest BCUT2D eigenvalue weighted by Crippen LogP contribution is 2.33. The predicted molar refractivity (Wildman–Crippen MR) is 88.5 cm³/mol. The van der Waals surface area contributed by atoms with Crippen molar-refractivity contribution in [1.29, 1.82) is 0 Å². The molecule has 2 heterocycles. The topological polar surface area (TPSA) is 35.0 Å². The van der Waals surface area contributed by atoms with Crippen molar-refractivity contribution < 1.29 is 9.13 Å². The number of fused-ring (bicyclic) bond motifs is 3. The van der Waals surface area contributed by atoms with Gasteiger partial charge in [0.25, 0.3) is 0 Å². The SMILES string of the molecule is Fc1ccccc1Oc1ccc2c(Cl)nc3ncccc3c2c1. The summed E-state index contributed by atoms with van der Waals surface area (Å²) in [4.78, 5) is 8.51. The van der Waals surface area contributed by atoms with Crippen molar-refractivity contribution in [3.05, 3.63) is 71.8 Å². The van der Waals surface area contributed by atoms with E-state index in [0.29, 0.717) is 16.5 Å². The van der Waals surface area contributed by atoms with Crippen molar-refractivity contribution in [3.63, 3.8) is 0 Å². The summed E-state index contributed by atoms with van der Waals surface area (Å²) in [7, 11) is 0. The Morgan fingerprint density at radius 1 is 0.913 bits per heavy atom. The normalized spacial score (nSPS) is 11.0. The summed E-state index contributed by atoms with van der Waals surface area (Å²) in [6.07, 6.45) is 1.66. The summed E-state index contributed by atoms with van der Waals surface area (Å²) in [6, 6.07) is 15.4. The third-order valence-electron chi connectivity index (χ3n) is 3.56. The van der Waals surface area contributed by atoms with Crippen LogP contribution in [-0.4, -0.2) is 9.97 Å². The van der Waals surface area contributed by atoms with Gasteiger partial charge in [-0.3, -0.25) is 0 Å². The molecule has 0 amide bonds. The van der Waals surface area contributed by atoms with Crippen LogP contribution in [0.15, 0.2) is 60.8 Å². The highest BCUT2D eigenvalue weighted by molar-refractivity contribution is 6.35. The van der Waals surface area contributed by atoms with Crippen molar-refractivity contribution in [2.24, 2.45) is 0 Å². The van der Waals surface area contributed by atoms with Gasteiger partial charge in [0.2, 0.25) is 0 Å². The van der Waals surface area contributed by atoms with Gasteiger partial charge < -0.3 is 4.74 Å². The minimum Gasteiger partial charge on any atom is -0.454 e. The van der Waals surface area contributed by atoms with Crippen LogP contribution >= 0.6 is 11.6 Å². The molecule has 0 unspecified atom stereocenters. The number of aromatic nitrogens is 2. The highest BCUT2D eigenvalue weighted by Gasteiger charge is 2.10. The fraction of sp³-hybridized carbons (Fsp3) is 0. The van der Waals surface area contributed by atoms with Gasteiger partial charge in [0.1, 0.15) is 10.9 Å². The first-order chi connectivity index (χ1) is 11.2. The van der Waals surface area contributed by atoms with Crippen LogP contribution < -0.4 is 4.74 Å². The molecule has 0 aliphatic heterocycles. The average molecular weight is 325 g/mol. The summed E-state index contributed by atoms with van der Waals surface area (Å²) < 4.78 is 19.4. The van der Waals surface area contributed by atoms with Crippen LogP contribution in [0.5, 0.6) is 11.5 Å². The van der Waals surface area contributed by atoms with E-state index in [1.54, 1.807) is 30.5 Å². The second-order valence-electron chi connectivity index (χ2n) is 5.02. The maximum atomic E-state index is 13.7. The Balaban J connectivity index is 1.90. The summed E-state index contributed by atoms with van der Waals surface area (Å²) in [5.74, 6) is 0.288. The van der Waals surface area contributed by atoms with E-state index in [1.165, 1.54) is 6.07 Å². The molecule has 2 aromatic heterocycles. The lowest BCUT2D eigenvalue weighted by Gasteiger charge is -2.09. The largest absolute Gasteiger partial charge is 0.454 e. The van der Waals surface area contributed by atoms with Crippen LogP contribution in [0.1, 0.15) is 0 Å². The number of hydrogen-bond acceptors (Lipinski definition) is 3. The second kappa shape index (κ2) is 5.48. The van der Waals surface area contributed by atoms with Crippen molar-refractivity contribution in [1.82, 2.24) is 9.97 Å². The molecular weight excluding hydrogens is 315 g/mol. The van der Waals surface area contributed by atoms with E-state index in [2.05, 4.69) is 9.97 Å². The Morgan fingerprint density at radius 3 is 2.65 bits per heavy atom. The quantitative estimate of drug-likeness (QED) is 0.367. The molecule has 0 atom stereocenters. The third-order valence-corrected chi connectivity index (χ3v) is 3.85. The maximum absolute atomic E-state index is 13.7. The fourth-order valence-corrected chi connectivity index (χ4v) is 2.74. The smallest absolute Gasteiger partial charge is 0.165 e. The summed E-state index contributed by atoms with van der Waals surface area (Å²) in [5.41, 5.74) is 0.563. The molecule has 23 heavy (non-hydrogen) atoms. The molecule has 0 fully saturated rings. The van der Waals surface area contributed by atoms with Crippen LogP contribution in [-0.2, 0) is 0 Å². The molecule has 0 aliphatic rings. The Kier molecular flexibility index (Phi) is 3.32. The van der Waals surface area contributed by atoms with Crippen LogP contribution in [0.3, 0.4) is 0 Å². The number of ether oxygens (including phenoxy) is 1. The average Bonchev–Trinajstić information content (AvgIpc) is 2.57. The van der Waals surface area contributed by atoms with Gasteiger partial charge in [0.15, 0.2) is 17.2 Å². The number of para-hydroxylation sites is 1. The van der Waals surface area contributed by atoms with Gasteiger partial charge in [-0.15, -0.1) is 0 Å². The minimum absolute atomic E-state index is 0.175. The van der Waals surface area contributed by atoms with E-state index in [1.807, 2.05) is 24.3 Å². The molecule has 0 saturated carbocycles. The van der Waals surface area contributed by atoms with Gasteiger partial charge >= 0.3 is 0 Å². The molecule has 3 nitrogen and oxygen atoms in total. The van der Waals surface area contributed by atoms with Gasteiger partial charge in [-0.25, -0.2) is 14.4 Å². The fourth-order valence-electron chi connectivity index (χ4n) is 2.49. The zero-order valence-corrected chi connectivity index (χ0v) is 12.6. The zero-order chi connectivity index (χ0) is 15.8. The van der Waals surface area contributed by atoms with Crippen molar-refractivity contribution in [3.8, 4) is 11.5 Å². The molecule has 0 N–H and O–H groups in total. The molecule has 0 radical (unpaired) electrons. The van der Waals surface area contributed by atoms with E-state index in [0.717, 1.165) is 16.2 Å². The summed E-state index contributed by atoms with van der Waals surface area (Å²) in [6.45, 7) is 0. The Bertz CT molecular complexity index is 1040. The van der Waals surface area contributed by atoms with Gasteiger partial charge in [0.05, 0.1) is 0 Å². The van der Waals surface area contributed by atoms with Gasteiger partial charge in [-0.1, -0.05) is 23.7 Å². The van der Waals surface area contributed by atoms with Crippen molar-refractivity contribution in [2.75, 3.05) is 0 Å². The molecule has 112 valence electrons. The predicted octanol–water partition coefficient (Wildman–Crippen LogP) is 5.37. The Hall–Kier alpha value is -2.72.